The van der Waals surface area contributed by atoms with Gasteiger partial charge in [0, 0.05) is 24.2 Å². The minimum Gasteiger partial charge on any atom is -0.503 e. The van der Waals surface area contributed by atoms with Crippen LogP contribution in [-0.2, 0) is 4.79 Å². The van der Waals surface area contributed by atoms with E-state index in [0.717, 1.165) is 22.6 Å². The molecule has 2 aromatic carbocycles. The average molecular weight is 564 g/mol. The Labute approximate surface area is 242 Å². The van der Waals surface area contributed by atoms with Gasteiger partial charge in [-0.2, -0.15) is 0 Å². The summed E-state index contributed by atoms with van der Waals surface area (Å²) in [7, 11) is 1.39. The monoisotopic (exact) mass is 563 g/mol. The van der Waals surface area contributed by atoms with Crippen LogP contribution in [0.3, 0.4) is 0 Å². The molecule has 3 N–H and O–H groups in total. The van der Waals surface area contributed by atoms with E-state index in [2.05, 4.69) is 15.6 Å². The molecule has 9 nitrogen and oxygen atoms in total. The van der Waals surface area contributed by atoms with Crippen LogP contribution in [-0.4, -0.2) is 54.3 Å². The van der Waals surface area contributed by atoms with Crippen LogP contribution in [0.2, 0.25) is 0 Å². The van der Waals surface area contributed by atoms with E-state index in [1.165, 1.54) is 19.4 Å². The molecule has 0 fully saturated rings. The van der Waals surface area contributed by atoms with Crippen molar-refractivity contribution in [1.29, 1.82) is 0 Å². The van der Waals surface area contributed by atoms with Crippen LogP contribution in [0.15, 0.2) is 60.8 Å². The lowest BCUT2D eigenvalue weighted by Crippen LogP contribution is -2.51. The van der Waals surface area contributed by atoms with Gasteiger partial charge in [0.2, 0.25) is 5.91 Å². The van der Waals surface area contributed by atoms with E-state index in [4.69, 9.17) is 14.2 Å². The highest BCUT2D eigenvalue weighted by Crippen LogP contribution is 2.31. The molecule has 0 aliphatic carbocycles. The van der Waals surface area contributed by atoms with Crippen molar-refractivity contribution in [2.45, 2.75) is 59.0 Å². The van der Waals surface area contributed by atoms with E-state index in [1.54, 1.807) is 0 Å². The van der Waals surface area contributed by atoms with Crippen LogP contribution >= 0.6 is 0 Å². The van der Waals surface area contributed by atoms with E-state index in [9.17, 15) is 14.7 Å². The number of ether oxygens (including phenoxy) is 3. The zero-order valence-electron chi connectivity index (χ0n) is 24.6. The molecule has 220 valence electrons. The number of methoxy groups -OCH3 is 1. The predicted octanol–water partition coefficient (Wildman–Crippen LogP) is 5.07. The molecule has 0 radical (unpaired) electrons. The summed E-state index contributed by atoms with van der Waals surface area (Å²) < 4.78 is 16.3. The summed E-state index contributed by atoms with van der Waals surface area (Å²) in [4.78, 5) is 30.7. The van der Waals surface area contributed by atoms with E-state index in [0.29, 0.717) is 19.6 Å². The summed E-state index contributed by atoms with van der Waals surface area (Å²) in [6.07, 6.45) is 1.76. The van der Waals surface area contributed by atoms with E-state index < -0.39 is 11.9 Å². The van der Waals surface area contributed by atoms with E-state index in [-0.39, 0.29) is 41.0 Å². The van der Waals surface area contributed by atoms with Crippen molar-refractivity contribution < 1.29 is 28.9 Å². The standard InChI is InChI=1S/C32H41N3O6/c1-7-40-24-13-9-22(10-14-24)28(23-11-15-25(16-12-23)41-8-2)21(5)34-31(37)26(19-20(3)4)35-32(38)29-30(36)27(39-6)17-18-33-29/h9-18,20-21,26,28,36H,7-8,19H2,1-6H3,(H,34,37)(H,35,38)/t21-,26-/m0/s1. The largest absolute Gasteiger partial charge is 0.503 e. The first kappa shape index (κ1) is 31.3. The number of nitrogens with zero attached hydrogens (tertiary/aromatic N) is 1. The Bertz CT molecular complexity index is 1230. The molecule has 2 amide bonds. The summed E-state index contributed by atoms with van der Waals surface area (Å²) in [5, 5.41) is 16.3. The third-order valence-electron chi connectivity index (χ3n) is 6.62. The number of rotatable bonds is 14. The normalized spacial score (nSPS) is 12.5. The number of pyridine rings is 1. The Morgan fingerprint density at radius 3 is 1.85 bits per heavy atom. The first-order valence-electron chi connectivity index (χ1n) is 14.0. The molecular formula is C32H41N3O6. The predicted molar refractivity (Wildman–Crippen MR) is 158 cm³/mol. The van der Waals surface area contributed by atoms with Gasteiger partial charge in [-0.05, 0) is 68.5 Å². The molecule has 3 rings (SSSR count). The number of nitrogens with one attached hydrogen (secondary N) is 2. The fourth-order valence-corrected chi connectivity index (χ4v) is 4.75. The molecule has 0 bridgehead atoms. The first-order valence-corrected chi connectivity index (χ1v) is 14.0. The topological polar surface area (TPSA) is 119 Å². The summed E-state index contributed by atoms with van der Waals surface area (Å²) in [6, 6.07) is 15.9. The Morgan fingerprint density at radius 1 is 0.854 bits per heavy atom. The molecule has 0 saturated carbocycles. The molecule has 3 aromatic rings. The second-order valence-electron chi connectivity index (χ2n) is 10.1. The second kappa shape index (κ2) is 14.9. The number of amides is 2. The van der Waals surface area contributed by atoms with Crippen molar-refractivity contribution in [2.75, 3.05) is 20.3 Å². The number of hydrogen-bond donors (Lipinski definition) is 3. The molecule has 1 aromatic heterocycles. The second-order valence-corrected chi connectivity index (χ2v) is 10.1. The van der Waals surface area contributed by atoms with Crippen molar-refractivity contribution in [3.8, 4) is 23.0 Å². The van der Waals surface area contributed by atoms with Gasteiger partial charge in [-0.3, -0.25) is 9.59 Å². The fraction of sp³-hybridized carbons (Fsp3) is 0.406. The zero-order chi connectivity index (χ0) is 29.9. The van der Waals surface area contributed by atoms with Crippen LogP contribution in [0, 0.1) is 5.92 Å². The summed E-state index contributed by atoms with van der Waals surface area (Å²) in [5.74, 6) is 0.215. The molecular weight excluding hydrogens is 522 g/mol. The maximum absolute atomic E-state index is 13.6. The van der Waals surface area contributed by atoms with Gasteiger partial charge in [0.25, 0.3) is 5.91 Å². The number of carbonyl (C=O) groups excluding carboxylic acids is 2. The first-order chi connectivity index (χ1) is 19.7. The SMILES string of the molecule is CCOc1ccc(C(c2ccc(OCC)cc2)[C@H](C)NC(=O)[C@H](CC(C)C)NC(=O)c2nccc(OC)c2O)cc1. The van der Waals surface area contributed by atoms with Gasteiger partial charge in [-0.15, -0.1) is 0 Å². The van der Waals surface area contributed by atoms with Crippen LogP contribution in [0.1, 0.15) is 68.6 Å². The van der Waals surface area contributed by atoms with Gasteiger partial charge in [0.05, 0.1) is 20.3 Å². The number of aromatic nitrogens is 1. The molecule has 0 aliphatic heterocycles. The molecule has 0 saturated heterocycles. The minimum atomic E-state index is -0.848. The highest BCUT2D eigenvalue weighted by molar-refractivity contribution is 5.98. The lowest BCUT2D eigenvalue weighted by molar-refractivity contribution is -0.124. The molecule has 1 heterocycles. The summed E-state index contributed by atoms with van der Waals surface area (Å²) >= 11 is 0. The summed E-state index contributed by atoms with van der Waals surface area (Å²) in [5.41, 5.74) is 1.79. The van der Waals surface area contributed by atoms with Gasteiger partial charge in [-0.1, -0.05) is 38.1 Å². The van der Waals surface area contributed by atoms with Crippen molar-refractivity contribution in [2.24, 2.45) is 5.92 Å². The lowest BCUT2D eigenvalue weighted by Gasteiger charge is -2.29. The molecule has 9 heteroatoms. The van der Waals surface area contributed by atoms with Gasteiger partial charge < -0.3 is 30.0 Å². The Balaban J connectivity index is 1.87. The maximum atomic E-state index is 13.6. The highest BCUT2D eigenvalue weighted by Gasteiger charge is 2.29. The van der Waals surface area contributed by atoms with Gasteiger partial charge >= 0.3 is 0 Å². The van der Waals surface area contributed by atoms with Gasteiger partial charge in [-0.25, -0.2) is 4.98 Å². The molecule has 2 atom stereocenters. The van der Waals surface area contributed by atoms with E-state index in [1.807, 2.05) is 83.1 Å². The van der Waals surface area contributed by atoms with Crippen molar-refractivity contribution in [3.05, 3.63) is 77.6 Å². The number of aromatic hydroxyl groups is 1. The summed E-state index contributed by atoms with van der Waals surface area (Å²) in [6.45, 7) is 10.9. The van der Waals surface area contributed by atoms with Crippen molar-refractivity contribution in [3.63, 3.8) is 0 Å². The molecule has 41 heavy (non-hydrogen) atoms. The smallest absolute Gasteiger partial charge is 0.274 e. The Morgan fingerprint density at radius 2 is 1.39 bits per heavy atom. The van der Waals surface area contributed by atoms with Gasteiger partial charge in [0.1, 0.15) is 17.5 Å². The zero-order valence-corrected chi connectivity index (χ0v) is 24.6. The van der Waals surface area contributed by atoms with Crippen LogP contribution in [0.25, 0.3) is 0 Å². The molecule has 0 spiro atoms. The number of carbonyl (C=O) groups is 2. The number of benzene rings is 2. The fourth-order valence-electron chi connectivity index (χ4n) is 4.75. The van der Waals surface area contributed by atoms with Crippen molar-refractivity contribution >= 4 is 11.8 Å². The van der Waals surface area contributed by atoms with Crippen LogP contribution < -0.4 is 24.8 Å². The quantitative estimate of drug-likeness (QED) is 0.250. The maximum Gasteiger partial charge on any atom is 0.274 e. The Kier molecular flexibility index (Phi) is 11.4. The highest BCUT2D eigenvalue weighted by atomic mass is 16.5. The number of hydrogen-bond acceptors (Lipinski definition) is 7. The van der Waals surface area contributed by atoms with Crippen LogP contribution in [0.4, 0.5) is 0 Å². The third-order valence-corrected chi connectivity index (χ3v) is 6.62. The van der Waals surface area contributed by atoms with Crippen molar-refractivity contribution in [1.82, 2.24) is 15.6 Å². The van der Waals surface area contributed by atoms with Crippen LogP contribution in [0.5, 0.6) is 23.0 Å². The van der Waals surface area contributed by atoms with Gasteiger partial charge in [0.15, 0.2) is 17.2 Å². The Hall–Kier alpha value is -4.27. The lowest BCUT2D eigenvalue weighted by atomic mass is 9.85. The molecule has 0 unspecified atom stereocenters. The average Bonchev–Trinajstić information content (AvgIpc) is 2.94. The minimum absolute atomic E-state index is 0.112. The van der Waals surface area contributed by atoms with E-state index >= 15 is 0 Å². The third kappa shape index (κ3) is 8.36. The molecule has 0 aliphatic rings.